The molecule has 1 aliphatic carbocycles. The van der Waals surface area contributed by atoms with E-state index in [9.17, 15) is 14.7 Å². The van der Waals surface area contributed by atoms with Gasteiger partial charge in [-0.2, -0.15) is 0 Å². The van der Waals surface area contributed by atoms with Gasteiger partial charge in [0.05, 0.1) is 5.57 Å². The van der Waals surface area contributed by atoms with Crippen LogP contribution in [-0.2, 0) is 9.59 Å². The highest BCUT2D eigenvalue weighted by Gasteiger charge is 2.38. The first-order chi connectivity index (χ1) is 7.87. The van der Waals surface area contributed by atoms with Gasteiger partial charge in [0.2, 0.25) is 0 Å². The Labute approximate surface area is 101 Å². The first-order valence-corrected chi connectivity index (χ1v) is 5.76. The summed E-state index contributed by atoms with van der Waals surface area (Å²) in [6.45, 7) is 5.79. The van der Waals surface area contributed by atoms with Crippen LogP contribution in [0.1, 0.15) is 33.6 Å². The van der Waals surface area contributed by atoms with Crippen LogP contribution in [0, 0.1) is 11.3 Å². The highest BCUT2D eigenvalue weighted by atomic mass is 16.4. The molecule has 0 saturated heterocycles. The Hall–Kier alpha value is -1.58. The van der Waals surface area contributed by atoms with Crippen LogP contribution in [-0.4, -0.2) is 22.2 Å². The largest absolute Gasteiger partial charge is 0.481 e. The van der Waals surface area contributed by atoms with E-state index in [1.165, 1.54) is 6.08 Å². The van der Waals surface area contributed by atoms with Crippen molar-refractivity contribution in [3.8, 4) is 0 Å². The fourth-order valence-electron chi connectivity index (χ4n) is 2.39. The smallest absolute Gasteiger partial charge is 0.332 e. The summed E-state index contributed by atoms with van der Waals surface area (Å²) in [5.74, 6) is -3.26. The molecule has 0 fully saturated rings. The normalized spacial score (nSPS) is 28.3. The van der Waals surface area contributed by atoms with E-state index >= 15 is 0 Å². The summed E-state index contributed by atoms with van der Waals surface area (Å²) in [7, 11) is 0. The van der Waals surface area contributed by atoms with Crippen molar-refractivity contribution in [2.24, 2.45) is 11.3 Å². The summed E-state index contributed by atoms with van der Waals surface area (Å²) < 4.78 is 0. The third-order valence-corrected chi connectivity index (χ3v) is 3.57. The third-order valence-electron chi connectivity index (χ3n) is 3.57. The maximum atomic E-state index is 11.3. The van der Waals surface area contributed by atoms with Gasteiger partial charge in [-0.05, 0) is 18.4 Å². The molecule has 94 valence electrons. The molecule has 2 atom stereocenters. The molecule has 0 radical (unpaired) electrons. The van der Waals surface area contributed by atoms with E-state index in [-0.39, 0.29) is 11.0 Å². The molecule has 2 N–H and O–H groups in total. The second kappa shape index (κ2) is 4.73. The Morgan fingerprint density at radius 1 is 1.35 bits per heavy atom. The lowest BCUT2D eigenvalue weighted by atomic mass is 9.69. The van der Waals surface area contributed by atoms with Gasteiger partial charge in [0, 0.05) is 5.41 Å². The molecule has 4 nitrogen and oxygen atoms in total. The average Bonchev–Trinajstić information content (AvgIpc) is 2.27. The van der Waals surface area contributed by atoms with Gasteiger partial charge in [0.1, 0.15) is 5.92 Å². The molecule has 0 amide bonds. The van der Waals surface area contributed by atoms with Gasteiger partial charge in [0.15, 0.2) is 0 Å². The first-order valence-electron chi connectivity index (χ1n) is 5.76. The molecule has 1 aliphatic rings. The number of carbonyl (C=O) groups is 2. The molecule has 0 aromatic carbocycles. The van der Waals surface area contributed by atoms with Crippen LogP contribution in [0.2, 0.25) is 0 Å². The Kier molecular flexibility index (Phi) is 3.76. The molecule has 0 heterocycles. The van der Waals surface area contributed by atoms with Gasteiger partial charge < -0.3 is 10.2 Å². The van der Waals surface area contributed by atoms with E-state index in [0.717, 1.165) is 12.0 Å². The zero-order valence-corrected chi connectivity index (χ0v) is 10.4. The number of carboxylic acids is 2. The minimum Gasteiger partial charge on any atom is -0.481 e. The van der Waals surface area contributed by atoms with Gasteiger partial charge in [-0.3, -0.25) is 4.79 Å². The summed E-state index contributed by atoms with van der Waals surface area (Å²) in [5.41, 5.74) is 0.420. The molecule has 0 aliphatic heterocycles. The van der Waals surface area contributed by atoms with Crippen molar-refractivity contribution in [2.75, 3.05) is 0 Å². The summed E-state index contributed by atoms with van der Waals surface area (Å²) in [4.78, 5) is 22.4. The Bertz CT molecular complexity index is 406. The SMILES string of the molecule is CCC1=C(C(=O)O)C(C(=O)O)C=CC1(C)CC. The highest BCUT2D eigenvalue weighted by Crippen LogP contribution is 2.42. The minimum atomic E-state index is -1.13. The van der Waals surface area contributed by atoms with Crippen molar-refractivity contribution < 1.29 is 19.8 Å². The summed E-state index contributed by atoms with van der Waals surface area (Å²) >= 11 is 0. The fraction of sp³-hybridized carbons (Fsp3) is 0.538. The van der Waals surface area contributed by atoms with Gasteiger partial charge >= 0.3 is 11.9 Å². The Morgan fingerprint density at radius 3 is 2.29 bits per heavy atom. The molecule has 17 heavy (non-hydrogen) atoms. The number of rotatable bonds is 4. The summed E-state index contributed by atoms with van der Waals surface area (Å²) in [6, 6.07) is 0. The topological polar surface area (TPSA) is 74.6 Å². The van der Waals surface area contributed by atoms with Crippen LogP contribution in [0.25, 0.3) is 0 Å². The number of hydrogen-bond donors (Lipinski definition) is 2. The second-order valence-corrected chi connectivity index (χ2v) is 4.50. The molecule has 4 heteroatoms. The molecular weight excluding hydrogens is 220 g/mol. The van der Waals surface area contributed by atoms with Crippen LogP contribution in [0.4, 0.5) is 0 Å². The van der Waals surface area contributed by atoms with Crippen molar-refractivity contribution in [3.05, 3.63) is 23.3 Å². The number of hydrogen-bond acceptors (Lipinski definition) is 2. The molecule has 0 spiro atoms. The molecule has 0 aromatic heterocycles. The van der Waals surface area contributed by atoms with E-state index < -0.39 is 17.9 Å². The summed E-state index contributed by atoms with van der Waals surface area (Å²) in [6.07, 6.45) is 4.64. The third kappa shape index (κ3) is 2.25. The van der Waals surface area contributed by atoms with Crippen LogP contribution in [0.15, 0.2) is 23.3 Å². The van der Waals surface area contributed by atoms with Gasteiger partial charge in [-0.1, -0.05) is 32.9 Å². The quantitative estimate of drug-likeness (QED) is 0.738. The Morgan fingerprint density at radius 2 is 1.94 bits per heavy atom. The summed E-state index contributed by atoms with van der Waals surface area (Å²) in [5, 5.41) is 18.3. The van der Waals surface area contributed by atoms with E-state index in [2.05, 4.69) is 0 Å². The number of carboxylic acid groups (broad SMARTS) is 2. The van der Waals surface area contributed by atoms with Crippen LogP contribution in [0.3, 0.4) is 0 Å². The maximum absolute atomic E-state index is 11.3. The maximum Gasteiger partial charge on any atom is 0.332 e. The first kappa shape index (κ1) is 13.5. The molecule has 2 unspecified atom stereocenters. The monoisotopic (exact) mass is 238 g/mol. The van der Waals surface area contributed by atoms with E-state index in [0.29, 0.717) is 6.42 Å². The predicted molar refractivity (Wildman–Crippen MR) is 63.6 cm³/mol. The van der Waals surface area contributed by atoms with E-state index in [1.807, 2.05) is 26.8 Å². The van der Waals surface area contributed by atoms with Crippen LogP contribution >= 0.6 is 0 Å². The highest BCUT2D eigenvalue weighted by molar-refractivity contribution is 5.96. The zero-order chi connectivity index (χ0) is 13.2. The Balaban J connectivity index is 3.40. The minimum absolute atomic E-state index is 0.0341. The molecule has 0 saturated carbocycles. The lowest BCUT2D eigenvalue weighted by molar-refractivity contribution is -0.142. The van der Waals surface area contributed by atoms with Gasteiger partial charge in [-0.15, -0.1) is 0 Å². The lowest BCUT2D eigenvalue weighted by Crippen LogP contribution is -2.30. The number of allylic oxidation sites excluding steroid dienone is 2. The molecule has 0 bridgehead atoms. The van der Waals surface area contributed by atoms with Crippen molar-refractivity contribution in [1.82, 2.24) is 0 Å². The van der Waals surface area contributed by atoms with Gasteiger partial charge in [-0.25, -0.2) is 4.79 Å². The second-order valence-electron chi connectivity index (χ2n) is 4.50. The van der Waals surface area contributed by atoms with Crippen LogP contribution < -0.4 is 0 Å². The predicted octanol–water partition coefficient (Wildman–Crippen LogP) is 2.46. The van der Waals surface area contributed by atoms with Crippen LogP contribution in [0.5, 0.6) is 0 Å². The average molecular weight is 238 g/mol. The van der Waals surface area contributed by atoms with Crippen molar-refractivity contribution >= 4 is 11.9 Å². The standard InChI is InChI=1S/C13H18O4/c1-4-9-10(12(16)17)8(11(14)15)6-7-13(9,3)5-2/h6-8H,4-5H2,1-3H3,(H,14,15)(H,16,17). The van der Waals surface area contributed by atoms with Crippen molar-refractivity contribution in [2.45, 2.75) is 33.6 Å². The molecule has 1 rings (SSSR count). The molecular formula is C13H18O4. The van der Waals surface area contributed by atoms with Crippen molar-refractivity contribution in [1.29, 1.82) is 0 Å². The van der Waals surface area contributed by atoms with E-state index in [1.54, 1.807) is 0 Å². The fourth-order valence-corrected chi connectivity index (χ4v) is 2.39. The molecule has 0 aromatic rings. The van der Waals surface area contributed by atoms with Gasteiger partial charge in [0.25, 0.3) is 0 Å². The zero-order valence-electron chi connectivity index (χ0n) is 10.4. The van der Waals surface area contributed by atoms with E-state index in [4.69, 9.17) is 5.11 Å². The number of aliphatic carboxylic acids is 2. The van der Waals surface area contributed by atoms with Crippen molar-refractivity contribution in [3.63, 3.8) is 0 Å². The lowest BCUT2D eigenvalue weighted by Gasteiger charge is -2.34.